The maximum atomic E-state index is 5.73. The van der Waals surface area contributed by atoms with E-state index >= 15 is 0 Å². The van der Waals surface area contributed by atoms with Gasteiger partial charge in [-0.25, -0.2) is 9.97 Å². The first-order chi connectivity index (χ1) is 41.8. The van der Waals surface area contributed by atoms with Crippen LogP contribution in [-0.2, 0) is 14.1 Å². The summed E-state index contributed by atoms with van der Waals surface area (Å²) in [5.41, 5.74) is 18.0. The zero-order chi connectivity index (χ0) is 57.2. The monoisotopic (exact) mass is 1160 g/mol. The zero-order valence-corrected chi connectivity index (χ0v) is 49.1. The molecule has 8 aromatic carbocycles. The molecule has 0 radical (unpaired) electrons. The minimum atomic E-state index is 0.679. The Balaban J connectivity index is 0.883. The summed E-state index contributed by atoms with van der Waals surface area (Å²) in [4.78, 5) is 28.0. The number of hydrogen-bond acceptors (Lipinski definition) is 15. The van der Waals surface area contributed by atoms with Crippen LogP contribution in [0, 0.1) is 0 Å². The van der Waals surface area contributed by atoms with E-state index in [-0.39, 0.29) is 0 Å². The van der Waals surface area contributed by atoms with Crippen LogP contribution in [-0.4, -0.2) is 66.3 Å². The molecule has 14 nitrogen and oxygen atoms in total. The van der Waals surface area contributed by atoms with E-state index in [4.69, 9.17) is 47.6 Å². The van der Waals surface area contributed by atoms with Crippen molar-refractivity contribution in [2.75, 3.05) is 38.2 Å². The van der Waals surface area contributed by atoms with Crippen LogP contribution >= 0.6 is 34.4 Å². The summed E-state index contributed by atoms with van der Waals surface area (Å²) < 4.78 is 39.4. The fourth-order valence-corrected chi connectivity index (χ4v) is 15.3. The van der Waals surface area contributed by atoms with Crippen molar-refractivity contribution in [3.63, 3.8) is 0 Å². The van der Waals surface area contributed by atoms with Gasteiger partial charge in [0.25, 0.3) is 0 Å². The Labute approximate surface area is 497 Å². The Bertz CT molecular complexity index is 4920. The summed E-state index contributed by atoms with van der Waals surface area (Å²) >= 11 is 4.69. The molecule has 8 aromatic heterocycles. The third kappa shape index (κ3) is 7.87. The summed E-state index contributed by atoms with van der Waals surface area (Å²) in [6, 6.07) is 58.7. The number of benzene rings is 8. The smallest absolute Gasteiger partial charge is 0.119 e. The minimum absolute atomic E-state index is 0.679. The molecule has 0 saturated carbocycles. The first kappa shape index (κ1) is 50.5. The number of pyridine rings is 2. The molecule has 0 fully saturated rings. The van der Waals surface area contributed by atoms with Gasteiger partial charge in [-0.15, -0.1) is 22.7 Å². The normalized spacial score (nSPS) is 11.9. The molecule has 0 unspecified atom stereocenters. The molecule has 0 atom stereocenters. The van der Waals surface area contributed by atoms with Crippen LogP contribution in [0.25, 0.3) is 118 Å². The van der Waals surface area contributed by atoms with Crippen molar-refractivity contribution in [1.29, 1.82) is 0 Å². The molecule has 0 N–H and O–H groups in total. The molecule has 16 rings (SSSR count). The zero-order valence-electron chi connectivity index (χ0n) is 46.7. The lowest BCUT2D eigenvalue weighted by atomic mass is 10.0. The van der Waals surface area contributed by atoms with Gasteiger partial charge in [0.1, 0.15) is 56.1 Å². The molecule has 0 amide bonds. The van der Waals surface area contributed by atoms with E-state index in [2.05, 4.69) is 142 Å². The van der Waals surface area contributed by atoms with Crippen molar-refractivity contribution in [1.82, 2.24) is 37.8 Å². The van der Waals surface area contributed by atoms with Gasteiger partial charge in [-0.05, 0) is 158 Å². The van der Waals surface area contributed by atoms with Crippen molar-refractivity contribution in [2.24, 2.45) is 14.1 Å². The van der Waals surface area contributed by atoms with Crippen LogP contribution in [0.15, 0.2) is 182 Å². The Morgan fingerprint density at radius 2 is 0.706 bits per heavy atom. The van der Waals surface area contributed by atoms with Crippen LogP contribution in [0.3, 0.4) is 0 Å². The van der Waals surface area contributed by atoms with Crippen LogP contribution in [0.4, 0.5) is 34.1 Å². The summed E-state index contributed by atoms with van der Waals surface area (Å²) in [5.74, 6) is 3.16. The van der Waals surface area contributed by atoms with E-state index in [0.29, 0.717) is 11.0 Å². The van der Waals surface area contributed by atoms with Crippen LogP contribution in [0.2, 0.25) is 0 Å². The predicted octanol–water partition coefficient (Wildman–Crippen LogP) is 17.6. The van der Waals surface area contributed by atoms with E-state index in [1.54, 1.807) is 51.1 Å². The summed E-state index contributed by atoms with van der Waals surface area (Å²) in [5, 5.41) is 4.20. The molecule has 0 aliphatic carbocycles. The highest BCUT2D eigenvalue weighted by Gasteiger charge is 2.29. The third-order valence-electron chi connectivity index (χ3n) is 16.3. The number of nitrogens with zero attached hydrogens (tertiary/aromatic N) is 10. The lowest BCUT2D eigenvalue weighted by Gasteiger charge is -2.26. The van der Waals surface area contributed by atoms with Gasteiger partial charge in [0, 0.05) is 103 Å². The van der Waals surface area contributed by atoms with E-state index in [1.165, 1.54) is 11.7 Å². The van der Waals surface area contributed by atoms with Gasteiger partial charge >= 0.3 is 0 Å². The number of aryl methyl sites for hydroxylation is 2. The van der Waals surface area contributed by atoms with Crippen LogP contribution in [0.5, 0.6) is 23.0 Å². The molecule has 0 aliphatic heterocycles. The van der Waals surface area contributed by atoms with Crippen molar-refractivity contribution in [3.05, 3.63) is 182 Å². The van der Waals surface area contributed by atoms with Crippen molar-refractivity contribution < 1.29 is 18.9 Å². The highest BCUT2D eigenvalue weighted by molar-refractivity contribution is 7.24. The molecular formula is C68H48N10O4S3. The number of ether oxygens (including phenoxy) is 4. The van der Waals surface area contributed by atoms with Gasteiger partial charge in [0.15, 0.2) is 0 Å². The molecule has 0 spiro atoms. The Morgan fingerprint density at radius 1 is 0.353 bits per heavy atom. The van der Waals surface area contributed by atoms with E-state index < -0.39 is 0 Å². The second-order valence-corrected chi connectivity index (χ2v) is 23.4. The van der Waals surface area contributed by atoms with Gasteiger partial charge in [0.05, 0.1) is 82.7 Å². The topological polar surface area (TPSA) is 131 Å². The average Bonchev–Trinajstić information content (AvgIpc) is 3.91. The van der Waals surface area contributed by atoms with Gasteiger partial charge in [-0.2, -0.15) is 8.75 Å². The molecule has 0 saturated heterocycles. The lowest BCUT2D eigenvalue weighted by molar-refractivity contribution is 0.414. The fourth-order valence-electron chi connectivity index (χ4n) is 12.2. The SMILES string of the molecule is COc1ccc(N(c2ccc(OC)cc2)c2ccc3c4sc(-c5c6nsnc6c(-c6cc7c(s6)c6ccc(N(c8ccc(OC)cc8)c8ccc(OC)cc8)cc6n7C)c6nc7c8ncccc8c8cccnc8c7nc56)cc4n(C)c3c2)cc1. The number of thiophene rings is 2. The molecule has 16 aromatic rings. The lowest BCUT2D eigenvalue weighted by Crippen LogP contribution is -2.10. The van der Waals surface area contributed by atoms with Crippen LogP contribution in [0.1, 0.15) is 0 Å². The van der Waals surface area contributed by atoms with Crippen LogP contribution < -0.4 is 28.7 Å². The molecular weight excluding hydrogens is 1120 g/mol. The number of anilines is 6. The summed E-state index contributed by atoms with van der Waals surface area (Å²) in [6.45, 7) is 0. The largest absolute Gasteiger partial charge is 0.497 e. The highest BCUT2D eigenvalue weighted by Crippen LogP contribution is 2.51. The predicted molar refractivity (Wildman–Crippen MR) is 349 cm³/mol. The molecule has 412 valence electrons. The minimum Gasteiger partial charge on any atom is -0.497 e. The number of rotatable bonds is 12. The first-order valence-corrected chi connectivity index (χ1v) is 29.8. The maximum absolute atomic E-state index is 5.73. The second kappa shape index (κ2) is 19.7. The molecule has 8 heterocycles. The van der Waals surface area contributed by atoms with Gasteiger partial charge < -0.3 is 37.9 Å². The van der Waals surface area contributed by atoms with Gasteiger partial charge in [-0.3, -0.25) is 9.97 Å². The van der Waals surface area contributed by atoms with E-state index in [0.717, 1.165) is 164 Å². The fraction of sp³-hybridized carbons (Fsp3) is 0.0882. The summed E-state index contributed by atoms with van der Waals surface area (Å²) in [6.07, 6.45) is 3.65. The quantitative estimate of drug-likeness (QED) is 0.0852. The Kier molecular flexibility index (Phi) is 11.7. The average molecular weight is 1170 g/mol. The number of fused-ring (bicyclic) bond motifs is 14. The highest BCUT2D eigenvalue weighted by atomic mass is 32.1. The van der Waals surface area contributed by atoms with Crippen molar-refractivity contribution in [3.8, 4) is 43.9 Å². The molecule has 17 heteroatoms. The number of aromatic nitrogens is 8. The van der Waals surface area contributed by atoms with Crippen molar-refractivity contribution in [2.45, 2.75) is 0 Å². The Hall–Kier alpha value is -10.2. The van der Waals surface area contributed by atoms with E-state index in [9.17, 15) is 0 Å². The number of hydrogen-bond donors (Lipinski definition) is 0. The molecule has 0 aliphatic rings. The first-order valence-electron chi connectivity index (χ1n) is 27.4. The standard InChI is InChI=1S/C68H48N10O4S3/c1-75-51-33-41(77(37-11-21-43(79-3)22-12-37)38-13-23-44(80-4)24-14-38)19-29-49(51)67-53(75)35-55(83-67)57-61-62(72-66-60-48(10-8-32-70-60)47-9-7-31-69-59(47)65(66)71-61)58(64-63(57)73-85-74-64)56-36-54-68(84-56)50-30-20-42(34-52(50)76(54)2)78(39-15-25-45(81-5)26-16-39)40-17-27-46(82-6)28-18-40/h7-36H,1-6H3. The third-order valence-corrected chi connectivity index (χ3v) is 19.2. The Morgan fingerprint density at radius 3 is 1.06 bits per heavy atom. The molecule has 0 bridgehead atoms. The van der Waals surface area contributed by atoms with Gasteiger partial charge in [0.2, 0.25) is 0 Å². The summed E-state index contributed by atoms with van der Waals surface area (Å²) in [7, 11) is 11.0. The van der Waals surface area contributed by atoms with E-state index in [1.807, 2.05) is 73.1 Å². The number of methoxy groups -OCH3 is 4. The van der Waals surface area contributed by atoms with Gasteiger partial charge in [-0.1, -0.05) is 12.1 Å². The second-order valence-electron chi connectivity index (χ2n) is 20.8. The molecule has 85 heavy (non-hydrogen) atoms. The maximum Gasteiger partial charge on any atom is 0.119 e. The van der Waals surface area contributed by atoms with Crippen molar-refractivity contribution >= 4 is 166 Å².